The predicted octanol–water partition coefficient (Wildman–Crippen LogP) is 2.05. The second kappa shape index (κ2) is 6.25. The molecule has 0 aliphatic carbocycles. The standard InChI is InChI=1S/C13H18O4/c1-4-10(15)8-17-11-5-6-13(16-3)12(7-11)9(2)14/h5-7,10,15H,4,8H2,1-3H3/t10-/m1/s1. The Bertz CT molecular complexity index is 387. The molecule has 4 nitrogen and oxygen atoms in total. The number of aliphatic hydroxyl groups excluding tert-OH is 1. The lowest BCUT2D eigenvalue weighted by Crippen LogP contribution is -2.16. The Morgan fingerprint density at radius 2 is 2.18 bits per heavy atom. The van der Waals surface area contributed by atoms with Gasteiger partial charge in [-0.25, -0.2) is 0 Å². The summed E-state index contributed by atoms with van der Waals surface area (Å²) in [6.07, 6.45) is 0.147. The van der Waals surface area contributed by atoms with E-state index in [0.717, 1.165) is 0 Å². The first-order valence-corrected chi connectivity index (χ1v) is 5.58. The summed E-state index contributed by atoms with van der Waals surface area (Å²) in [5.41, 5.74) is 0.482. The van der Waals surface area contributed by atoms with Crippen LogP contribution < -0.4 is 9.47 Å². The van der Waals surface area contributed by atoms with E-state index in [1.54, 1.807) is 18.2 Å². The Hall–Kier alpha value is -1.55. The largest absolute Gasteiger partial charge is 0.496 e. The molecule has 1 aromatic carbocycles. The van der Waals surface area contributed by atoms with Crippen LogP contribution in [0.2, 0.25) is 0 Å². The fourth-order valence-corrected chi connectivity index (χ4v) is 1.36. The Labute approximate surface area is 101 Å². The summed E-state index contributed by atoms with van der Waals surface area (Å²) in [4.78, 5) is 11.4. The molecule has 1 atom stereocenters. The molecular formula is C13H18O4. The molecule has 17 heavy (non-hydrogen) atoms. The number of hydrogen-bond donors (Lipinski definition) is 1. The van der Waals surface area contributed by atoms with Gasteiger partial charge in [-0.3, -0.25) is 4.79 Å². The summed E-state index contributed by atoms with van der Waals surface area (Å²) in [6.45, 7) is 3.58. The zero-order valence-electron chi connectivity index (χ0n) is 10.4. The van der Waals surface area contributed by atoms with Crippen LogP contribution in [0.3, 0.4) is 0 Å². The number of carbonyl (C=O) groups is 1. The number of ketones is 1. The lowest BCUT2D eigenvalue weighted by atomic mass is 10.1. The number of rotatable bonds is 6. The lowest BCUT2D eigenvalue weighted by molar-refractivity contribution is 0.100. The molecule has 0 fully saturated rings. The number of benzene rings is 1. The van der Waals surface area contributed by atoms with Gasteiger partial charge >= 0.3 is 0 Å². The van der Waals surface area contributed by atoms with E-state index >= 15 is 0 Å². The van der Waals surface area contributed by atoms with Crippen molar-refractivity contribution in [3.8, 4) is 11.5 Å². The molecule has 0 unspecified atom stereocenters. The van der Waals surface area contributed by atoms with Crippen molar-refractivity contribution in [3.05, 3.63) is 23.8 Å². The van der Waals surface area contributed by atoms with E-state index in [9.17, 15) is 9.90 Å². The fourth-order valence-electron chi connectivity index (χ4n) is 1.36. The molecule has 0 aliphatic heterocycles. The maximum atomic E-state index is 11.4. The number of hydrogen-bond acceptors (Lipinski definition) is 4. The summed E-state index contributed by atoms with van der Waals surface area (Å²) in [5, 5.41) is 9.38. The summed E-state index contributed by atoms with van der Waals surface area (Å²) in [6, 6.07) is 5.03. The van der Waals surface area contributed by atoms with Gasteiger partial charge in [-0.1, -0.05) is 6.92 Å². The van der Waals surface area contributed by atoms with Gasteiger partial charge < -0.3 is 14.6 Å². The van der Waals surface area contributed by atoms with Gasteiger partial charge in [0, 0.05) is 0 Å². The van der Waals surface area contributed by atoms with Crippen molar-refractivity contribution < 1.29 is 19.4 Å². The summed E-state index contributed by atoms with van der Waals surface area (Å²) in [7, 11) is 1.52. The van der Waals surface area contributed by atoms with Gasteiger partial charge in [0.15, 0.2) is 5.78 Å². The average Bonchev–Trinajstić information content (AvgIpc) is 2.35. The highest BCUT2D eigenvalue weighted by Gasteiger charge is 2.10. The Morgan fingerprint density at radius 3 is 2.71 bits per heavy atom. The zero-order valence-corrected chi connectivity index (χ0v) is 10.4. The van der Waals surface area contributed by atoms with Gasteiger partial charge in [0.05, 0.1) is 18.8 Å². The predicted molar refractivity (Wildman–Crippen MR) is 64.8 cm³/mol. The summed E-state index contributed by atoms with van der Waals surface area (Å²) >= 11 is 0. The molecule has 1 rings (SSSR count). The van der Waals surface area contributed by atoms with Crippen molar-refractivity contribution >= 4 is 5.78 Å². The molecule has 0 amide bonds. The van der Waals surface area contributed by atoms with Crippen LogP contribution in [0.1, 0.15) is 30.6 Å². The van der Waals surface area contributed by atoms with Crippen molar-refractivity contribution in [1.82, 2.24) is 0 Å². The first kappa shape index (κ1) is 13.5. The van der Waals surface area contributed by atoms with Crippen molar-refractivity contribution in [2.75, 3.05) is 13.7 Å². The average molecular weight is 238 g/mol. The summed E-state index contributed by atoms with van der Waals surface area (Å²) < 4.78 is 10.5. The van der Waals surface area contributed by atoms with Gasteiger partial charge in [-0.05, 0) is 31.5 Å². The van der Waals surface area contributed by atoms with Crippen molar-refractivity contribution in [1.29, 1.82) is 0 Å². The van der Waals surface area contributed by atoms with E-state index in [1.165, 1.54) is 14.0 Å². The maximum Gasteiger partial charge on any atom is 0.163 e. The van der Waals surface area contributed by atoms with Crippen molar-refractivity contribution in [2.45, 2.75) is 26.4 Å². The number of Topliss-reactive ketones (excluding diaryl/α,β-unsaturated/α-hetero) is 1. The molecule has 1 N–H and O–H groups in total. The third kappa shape index (κ3) is 3.75. The number of ether oxygens (including phenoxy) is 2. The van der Waals surface area contributed by atoms with E-state index in [-0.39, 0.29) is 12.4 Å². The third-order valence-electron chi connectivity index (χ3n) is 2.46. The smallest absolute Gasteiger partial charge is 0.163 e. The SMILES string of the molecule is CC[C@@H](O)COc1ccc(OC)c(C(C)=O)c1. The highest BCUT2D eigenvalue weighted by atomic mass is 16.5. The minimum Gasteiger partial charge on any atom is -0.496 e. The van der Waals surface area contributed by atoms with E-state index in [2.05, 4.69) is 0 Å². The van der Waals surface area contributed by atoms with Crippen LogP contribution in [0.15, 0.2) is 18.2 Å². The monoisotopic (exact) mass is 238 g/mol. The first-order chi connectivity index (χ1) is 8.08. The minimum absolute atomic E-state index is 0.0802. The van der Waals surface area contributed by atoms with E-state index < -0.39 is 6.10 Å². The molecule has 4 heteroatoms. The molecule has 0 saturated heterocycles. The van der Waals surface area contributed by atoms with Crippen LogP contribution in [0.5, 0.6) is 11.5 Å². The topological polar surface area (TPSA) is 55.8 Å². The quantitative estimate of drug-likeness (QED) is 0.771. The molecule has 0 spiro atoms. The van der Waals surface area contributed by atoms with E-state index in [1.807, 2.05) is 6.92 Å². The lowest BCUT2D eigenvalue weighted by Gasteiger charge is -2.12. The zero-order chi connectivity index (χ0) is 12.8. The highest BCUT2D eigenvalue weighted by molar-refractivity contribution is 5.97. The number of aliphatic hydroxyl groups is 1. The Balaban J connectivity index is 2.81. The number of carbonyl (C=O) groups excluding carboxylic acids is 1. The first-order valence-electron chi connectivity index (χ1n) is 5.58. The van der Waals surface area contributed by atoms with Crippen LogP contribution in [0.25, 0.3) is 0 Å². The van der Waals surface area contributed by atoms with Gasteiger partial charge in [-0.2, -0.15) is 0 Å². The molecule has 94 valence electrons. The molecule has 0 heterocycles. The van der Waals surface area contributed by atoms with Gasteiger partial charge in [0.25, 0.3) is 0 Å². The molecule has 0 radical (unpaired) electrons. The summed E-state index contributed by atoms with van der Waals surface area (Å²) in [5.74, 6) is 1.01. The second-order valence-electron chi connectivity index (χ2n) is 3.79. The highest BCUT2D eigenvalue weighted by Crippen LogP contribution is 2.24. The normalized spacial score (nSPS) is 12.0. The van der Waals surface area contributed by atoms with Gasteiger partial charge in [0.2, 0.25) is 0 Å². The number of methoxy groups -OCH3 is 1. The van der Waals surface area contributed by atoms with Gasteiger partial charge in [0.1, 0.15) is 18.1 Å². The van der Waals surface area contributed by atoms with Crippen LogP contribution in [0, 0.1) is 0 Å². The second-order valence-corrected chi connectivity index (χ2v) is 3.79. The minimum atomic E-state index is -0.488. The molecule has 1 aromatic rings. The molecule has 0 aromatic heterocycles. The fraction of sp³-hybridized carbons (Fsp3) is 0.462. The molecule has 0 saturated carbocycles. The molecule has 0 bridgehead atoms. The molecule has 0 aliphatic rings. The van der Waals surface area contributed by atoms with Crippen LogP contribution in [0.4, 0.5) is 0 Å². The maximum absolute atomic E-state index is 11.4. The third-order valence-corrected chi connectivity index (χ3v) is 2.46. The van der Waals surface area contributed by atoms with Gasteiger partial charge in [-0.15, -0.1) is 0 Å². The van der Waals surface area contributed by atoms with E-state index in [4.69, 9.17) is 9.47 Å². The van der Waals surface area contributed by atoms with E-state index in [0.29, 0.717) is 23.5 Å². The molecular weight excluding hydrogens is 220 g/mol. The van der Waals surface area contributed by atoms with Crippen molar-refractivity contribution in [3.63, 3.8) is 0 Å². The van der Waals surface area contributed by atoms with Crippen LogP contribution in [-0.2, 0) is 0 Å². The Kier molecular flexibility index (Phi) is 4.97. The Morgan fingerprint density at radius 1 is 1.47 bits per heavy atom. The van der Waals surface area contributed by atoms with Crippen molar-refractivity contribution in [2.24, 2.45) is 0 Å². The van der Waals surface area contributed by atoms with Crippen LogP contribution >= 0.6 is 0 Å². The van der Waals surface area contributed by atoms with Crippen LogP contribution in [-0.4, -0.2) is 30.7 Å².